The van der Waals surface area contributed by atoms with Crippen molar-refractivity contribution in [3.8, 4) is 0 Å². The van der Waals surface area contributed by atoms with Crippen LogP contribution in [0.1, 0.15) is 57.1 Å². The van der Waals surface area contributed by atoms with Crippen LogP contribution in [0.5, 0.6) is 0 Å². The van der Waals surface area contributed by atoms with E-state index in [1.165, 1.54) is 68.9 Å². The minimum absolute atomic E-state index is 1.11. The number of rotatable bonds is 13. The molecule has 1 nitrogen and oxygen atoms in total. The fourth-order valence-electron chi connectivity index (χ4n) is 3.92. The quantitative estimate of drug-likeness (QED) is 0.324. The van der Waals surface area contributed by atoms with E-state index in [9.17, 15) is 0 Å². The van der Waals surface area contributed by atoms with E-state index in [0.717, 1.165) is 5.57 Å². The van der Waals surface area contributed by atoms with Gasteiger partial charge in [-0.25, -0.2) is 0 Å². The van der Waals surface area contributed by atoms with Gasteiger partial charge in [-0.1, -0.05) is 112 Å². The zero-order valence-electron chi connectivity index (χ0n) is 19.2. The Morgan fingerprint density at radius 3 is 1.83 bits per heavy atom. The monoisotopic (exact) mass is 407 g/mol. The van der Waals surface area contributed by atoms with Gasteiger partial charge >= 0.3 is 0 Å². The number of nitrogens with zero attached hydrogens (tertiary/aromatic N) is 1. The van der Waals surface area contributed by atoms with E-state index in [1.807, 2.05) is 0 Å². The average molecular weight is 408 g/mol. The molecule has 2 aromatic carbocycles. The lowest BCUT2D eigenvalue weighted by atomic mass is 10.00. The lowest BCUT2D eigenvalue weighted by Gasteiger charge is -2.27. The Morgan fingerprint density at radius 2 is 1.28 bits per heavy atom. The van der Waals surface area contributed by atoms with Crippen LogP contribution in [0.4, 0.5) is 0 Å². The summed E-state index contributed by atoms with van der Waals surface area (Å²) in [7, 11) is -1.40. The molecule has 2 aromatic rings. The smallest absolute Gasteiger partial charge is 0.0806 e. The van der Waals surface area contributed by atoms with Gasteiger partial charge in [-0.05, 0) is 55.6 Å². The molecule has 2 heteroatoms. The minimum atomic E-state index is -1.40. The van der Waals surface area contributed by atoms with E-state index in [2.05, 4.69) is 93.0 Å². The molecule has 0 N–H and O–H groups in total. The number of hydrogen-bond donors (Lipinski definition) is 0. The highest BCUT2D eigenvalue weighted by Crippen LogP contribution is 2.22. The summed E-state index contributed by atoms with van der Waals surface area (Å²) < 4.78 is 0. The van der Waals surface area contributed by atoms with Crippen LogP contribution in [-0.4, -0.2) is 32.6 Å². The zero-order valence-corrected chi connectivity index (χ0v) is 20.2. The Morgan fingerprint density at radius 1 is 0.759 bits per heavy atom. The largest absolute Gasteiger partial charge is 0.303 e. The van der Waals surface area contributed by atoms with Gasteiger partial charge < -0.3 is 4.90 Å². The standard InChI is InChI=1S/C27H41NSi/c1-6-8-20-28(21-9-7-2)22-13-23-29(4,5)27-18-16-26(17-19-27)24(3)25-14-11-10-12-15-25/h10-12,14-19H,3,6-9,13,20-23H2,1-2,4-5H3. The molecule has 0 fully saturated rings. The van der Waals surface area contributed by atoms with Crippen molar-refractivity contribution in [2.45, 2.75) is 65.1 Å². The van der Waals surface area contributed by atoms with E-state index in [4.69, 9.17) is 0 Å². The first-order valence-corrected chi connectivity index (χ1v) is 14.8. The SMILES string of the molecule is C=C(c1ccccc1)c1ccc([Si](C)(C)CCCN(CCCC)CCCC)cc1. The summed E-state index contributed by atoms with van der Waals surface area (Å²) in [4.78, 5) is 2.70. The van der Waals surface area contributed by atoms with Gasteiger partial charge in [0.25, 0.3) is 0 Å². The van der Waals surface area contributed by atoms with E-state index in [-0.39, 0.29) is 0 Å². The fourth-order valence-corrected chi connectivity index (χ4v) is 6.32. The van der Waals surface area contributed by atoms with Gasteiger partial charge in [0.2, 0.25) is 0 Å². The van der Waals surface area contributed by atoms with E-state index in [1.54, 1.807) is 5.19 Å². The van der Waals surface area contributed by atoms with Crippen molar-refractivity contribution in [2.24, 2.45) is 0 Å². The number of hydrogen-bond acceptors (Lipinski definition) is 1. The Bertz CT molecular complexity index is 710. The van der Waals surface area contributed by atoms with Crippen molar-refractivity contribution in [2.75, 3.05) is 19.6 Å². The lowest BCUT2D eigenvalue weighted by Crippen LogP contribution is -2.41. The van der Waals surface area contributed by atoms with Crippen LogP contribution in [0.2, 0.25) is 19.1 Å². The summed E-state index contributed by atoms with van der Waals surface area (Å²) in [5.74, 6) is 0. The molecule has 0 aliphatic carbocycles. The van der Waals surface area contributed by atoms with Crippen LogP contribution in [-0.2, 0) is 0 Å². The molecule has 0 unspecified atom stereocenters. The van der Waals surface area contributed by atoms with Gasteiger partial charge in [-0.15, -0.1) is 0 Å². The molecule has 0 saturated carbocycles. The predicted octanol–water partition coefficient (Wildman–Crippen LogP) is 6.96. The first kappa shape index (κ1) is 23.6. The Labute approximate surface area is 180 Å². The first-order valence-electron chi connectivity index (χ1n) is 11.6. The van der Waals surface area contributed by atoms with Crippen molar-refractivity contribution < 1.29 is 0 Å². The molecule has 0 bridgehead atoms. The van der Waals surface area contributed by atoms with Gasteiger partial charge in [-0.3, -0.25) is 0 Å². The van der Waals surface area contributed by atoms with Crippen molar-refractivity contribution in [1.82, 2.24) is 4.90 Å². The van der Waals surface area contributed by atoms with Crippen molar-refractivity contribution >= 4 is 18.8 Å². The van der Waals surface area contributed by atoms with Crippen LogP contribution in [0.25, 0.3) is 5.57 Å². The van der Waals surface area contributed by atoms with Gasteiger partial charge in [0.15, 0.2) is 0 Å². The second-order valence-corrected chi connectivity index (χ2v) is 13.8. The van der Waals surface area contributed by atoms with E-state index >= 15 is 0 Å². The average Bonchev–Trinajstić information content (AvgIpc) is 2.75. The second-order valence-electron chi connectivity index (χ2n) is 8.96. The molecule has 0 saturated heterocycles. The van der Waals surface area contributed by atoms with Gasteiger partial charge in [0.05, 0.1) is 8.07 Å². The maximum atomic E-state index is 4.31. The highest BCUT2D eigenvalue weighted by atomic mass is 28.3. The van der Waals surface area contributed by atoms with Crippen LogP contribution >= 0.6 is 0 Å². The second kappa shape index (κ2) is 12.1. The number of benzene rings is 2. The molecule has 0 spiro atoms. The van der Waals surface area contributed by atoms with Crippen LogP contribution < -0.4 is 5.19 Å². The molecule has 0 aliphatic rings. The topological polar surface area (TPSA) is 3.24 Å². The van der Waals surface area contributed by atoms with E-state index in [0.29, 0.717) is 0 Å². The molecule has 158 valence electrons. The summed E-state index contributed by atoms with van der Waals surface area (Å²) in [6, 6.07) is 21.1. The fraction of sp³-hybridized carbons (Fsp3) is 0.481. The highest BCUT2D eigenvalue weighted by Gasteiger charge is 2.23. The Balaban J connectivity index is 1.93. The molecular weight excluding hydrogens is 366 g/mol. The Hall–Kier alpha value is -1.64. The van der Waals surface area contributed by atoms with Gasteiger partial charge in [0.1, 0.15) is 0 Å². The van der Waals surface area contributed by atoms with Crippen molar-refractivity contribution in [1.29, 1.82) is 0 Å². The number of unbranched alkanes of at least 4 members (excludes halogenated alkanes) is 2. The summed E-state index contributed by atoms with van der Waals surface area (Å²) in [5.41, 5.74) is 3.55. The van der Waals surface area contributed by atoms with Gasteiger partial charge in [0, 0.05) is 0 Å². The first-order chi connectivity index (χ1) is 14.0. The van der Waals surface area contributed by atoms with Crippen LogP contribution in [0.15, 0.2) is 61.2 Å². The third-order valence-electron chi connectivity index (χ3n) is 6.07. The lowest BCUT2D eigenvalue weighted by molar-refractivity contribution is 0.265. The predicted molar refractivity (Wildman–Crippen MR) is 134 cm³/mol. The van der Waals surface area contributed by atoms with Crippen molar-refractivity contribution in [3.63, 3.8) is 0 Å². The molecule has 0 atom stereocenters. The highest BCUT2D eigenvalue weighted by molar-refractivity contribution is 6.89. The molecule has 29 heavy (non-hydrogen) atoms. The molecule has 0 radical (unpaired) electrons. The zero-order chi connectivity index (χ0) is 21.1. The minimum Gasteiger partial charge on any atom is -0.303 e. The molecule has 2 rings (SSSR count). The summed E-state index contributed by atoms with van der Waals surface area (Å²) in [6.07, 6.45) is 6.58. The third kappa shape index (κ3) is 7.60. The normalized spacial score (nSPS) is 11.8. The molecule has 0 aromatic heterocycles. The summed E-state index contributed by atoms with van der Waals surface area (Å²) in [5, 5.41) is 1.57. The maximum absolute atomic E-state index is 4.31. The van der Waals surface area contributed by atoms with Gasteiger partial charge in [-0.2, -0.15) is 0 Å². The molecule has 0 heterocycles. The molecule has 0 aliphatic heterocycles. The molecule has 0 amide bonds. The van der Waals surface area contributed by atoms with Crippen molar-refractivity contribution in [3.05, 3.63) is 72.3 Å². The maximum Gasteiger partial charge on any atom is 0.0806 e. The summed E-state index contributed by atoms with van der Waals surface area (Å²) >= 11 is 0. The third-order valence-corrected chi connectivity index (χ3v) is 9.57. The van der Waals surface area contributed by atoms with Crippen LogP contribution in [0.3, 0.4) is 0 Å². The van der Waals surface area contributed by atoms with Crippen LogP contribution in [0, 0.1) is 0 Å². The van der Waals surface area contributed by atoms with E-state index < -0.39 is 8.07 Å². The Kier molecular flexibility index (Phi) is 9.90. The molecular formula is C27H41NSi. The summed E-state index contributed by atoms with van der Waals surface area (Å²) in [6.45, 7) is 17.8.